The van der Waals surface area contributed by atoms with Crippen molar-refractivity contribution in [1.29, 1.82) is 0 Å². The molecule has 1 aliphatic heterocycles. The van der Waals surface area contributed by atoms with Crippen molar-refractivity contribution in [1.82, 2.24) is 0 Å². The molecule has 0 bridgehead atoms. The number of aromatic hydroxyl groups is 1. The van der Waals surface area contributed by atoms with Crippen molar-refractivity contribution in [2.75, 3.05) is 18.6 Å². The molecule has 1 N–H and O–H groups in total. The number of hydrogen-bond acceptors (Lipinski definition) is 4. The van der Waals surface area contributed by atoms with Gasteiger partial charge >= 0.3 is 0 Å². The molecule has 1 heterocycles. The highest BCUT2D eigenvalue weighted by molar-refractivity contribution is 6.07. The summed E-state index contributed by atoms with van der Waals surface area (Å²) in [4.78, 5) is 25.8. The number of nitrogens with zero attached hydrogens (tertiary/aromatic N) is 1. The lowest BCUT2D eigenvalue weighted by Gasteiger charge is -2.15. The Balaban J connectivity index is 1.75. The number of ketones is 1. The van der Waals surface area contributed by atoms with Gasteiger partial charge in [-0.25, -0.2) is 0 Å². The average molecular weight is 337 g/mol. The molecule has 1 saturated heterocycles. The number of carbonyl (C=O) groups excluding carboxylic acids is 2. The van der Waals surface area contributed by atoms with Crippen molar-refractivity contribution < 1.29 is 19.4 Å². The molecular formula is C20H19NO4. The van der Waals surface area contributed by atoms with Gasteiger partial charge in [-0.15, -0.1) is 0 Å². The summed E-state index contributed by atoms with van der Waals surface area (Å²) in [5.41, 5.74) is 1.97. The van der Waals surface area contributed by atoms with Crippen LogP contribution in [0, 0.1) is 0 Å². The predicted octanol–water partition coefficient (Wildman–Crippen LogP) is 3.42. The van der Waals surface area contributed by atoms with Crippen LogP contribution in [0.1, 0.15) is 28.8 Å². The number of benzene rings is 2. The molecular weight excluding hydrogens is 318 g/mol. The van der Waals surface area contributed by atoms with Gasteiger partial charge in [0.05, 0.1) is 7.11 Å². The summed E-state index contributed by atoms with van der Waals surface area (Å²) in [7, 11) is 1.46. The molecule has 5 heteroatoms. The zero-order valence-corrected chi connectivity index (χ0v) is 13.9. The van der Waals surface area contributed by atoms with E-state index < -0.39 is 0 Å². The van der Waals surface area contributed by atoms with Gasteiger partial charge in [-0.3, -0.25) is 9.59 Å². The van der Waals surface area contributed by atoms with Crippen LogP contribution in [0.15, 0.2) is 48.5 Å². The second kappa shape index (κ2) is 7.21. The van der Waals surface area contributed by atoms with E-state index in [2.05, 4.69) is 0 Å². The molecule has 2 aromatic carbocycles. The lowest BCUT2D eigenvalue weighted by atomic mass is 10.1. The van der Waals surface area contributed by atoms with E-state index in [1.165, 1.54) is 19.3 Å². The summed E-state index contributed by atoms with van der Waals surface area (Å²) < 4.78 is 5.15. The minimum absolute atomic E-state index is 0.0248. The Bertz CT molecular complexity index is 824. The first-order chi connectivity index (χ1) is 12.1. The van der Waals surface area contributed by atoms with Crippen molar-refractivity contribution in [2.24, 2.45) is 0 Å². The number of para-hydroxylation sites is 1. The van der Waals surface area contributed by atoms with Crippen molar-refractivity contribution in [3.05, 3.63) is 59.7 Å². The summed E-state index contributed by atoms with van der Waals surface area (Å²) in [6.45, 7) is 0.726. The molecule has 128 valence electrons. The van der Waals surface area contributed by atoms with E-state index in [1.807, 2.05) is 0 Å². The zero-order chi connectivity index (χ0) is 17.8. The van der Waals surface area contributed by atoms with Crippen LogP contribution < -0.4 is 9.64 Å². The van der Waals surface area contributed by atoms with E-state index in [-0.39, 0.29) is 17.4 Å². The van der Waals surface area contributed by atoms with Gasteiger partial charge in [0.1, 0.15) is 0 Å². The van der Waals surface area contributed by atoms with Gasteiger partial charge in [0.15, 0.2) is 17.3 Å². The number of ether oxygens (including phenoxy) is 1. The van der Waals surface area contributed by atoms with Crippen molar-refractivity contribution in [2.45, 2.75) is 12.8 Å². The molecule has 0 spiro atoms. The summed E-state index contributed by atoms with van der Waals surface area (Å²) in [5, 5.41) is 9.75. The normalized spacial score (nSPS) is 14.3. The molecule has 2 aromatic rings. The molecule has 0 saturated carbocycles. The number of allylic oxidation sites excluding steroid dienone is 1. The number of hydrogen-bond donors (Lipinski definition) is 1. The van der Waals surface area contributed by atoms with Gasteiger partial charge in [0.25, 0.3) is 0 Å². The molecule has 3 rings (SSSR count). The van der Waals surface area contributed by atoms with Gasteiger partial charge < -0.3 is 14.7 Å². The average Bonchev–Trinajstić information content (AvgIpc) is 3.06. The summed E-state index contributed by atoms with van der Waals surface area (Å²) in [6, 6.07) is 12.0. The number of amides is 1. The highest BCUT2D eigenvalue weighted by atomic mass is 16.5. The Morgan fingerprint density at radius 2 is 1.96 bits per heavy atom. The van der Waals surface area contributed by atoms with Gasteiger partial charge in [0, 0.05) is 29.8 Å². The van der Waals surface area contributed by atoms with E-state index in [0.717, 1.165) is 18.7 Å². The molecule has 0 unspecified atom stereocenters. The van der Waals surface area contributed by atoms with E-state index in [4.69, 9.17) is 4.74 Å². The first kappa shape index (κ1) is 16.8. The van der Waals surface area contributed by atoms with Crippen LogP contribution in [0.5, 0.6) is 11.5 Å². The fourth-order valence-corrected chi connectivity index (χ4v) is 2.88. The molecule has 0 aromatic heterocycles. The molecule has 1 amide bonds. The zero-order valence-electron chi connectivity index (χ0n) is 13.9. The number of carbonyl (C=O) groups is 2. The Hall–Kier alpha value is -3.08. The first-order valence-electron chi connectivity index (χ1n) is 8.09. The Labute approximate surface area is 146 Å². The number of phenols is 1. The molecule has 1 aliphatic rings. The van der Waals surface area contributed by atoms with Gasteiger partial charge in [-0.1, -0.05) is 12.1 Å². The fraction of sp³-hybridized carbons (Fsp3) is 0.200. The van der Waals surface area contributed by atoms with E-state index >= 15 is 0 Å². The standard InChI is InChI=1S/C20H19NO4/c1-25-20-15(4-2-5-18(20)23)9-12-17(22)14-7-10-16(11-8-14)21-13-3-6-19(21)24/h2,4-5,7-12,23H,3,6,13H2,1H3/b12-9+. The second-order valence-corrected chi connectivity index (χ2v) is 5.79. The second-order valence-electron chi connectivity index (χ2n) is 5.79. The SMILES string of the molecule is COc1c(O)cccc1/C=C/C(=O)c1ccc(N2CCCC2=O)cc1. The molecule has 25 heavy (non-hydrogen) atoms. The van der Waals surface area contributed by atoms with Gasteiger partial charge in [-0.05, 0) is 48.9 Å². The van der Waals surface area contributed by atoms with Gasteiger partial charge in [0.2, 0.25) is 5.91 Å². The van der Waals surface area contributed by atoms with E-state index in [0.29, 0.717) is 23.3 Å². The van der Waals surface area contributed by atoms with Crippen molar-refractivity contribution >= 4 is 23.5 Å². The van der Waals surface area contributed by atoms with Crippen molar-refractivity contribution in [3.8, 4) is 11.5 Å². The minimum atomic E-state index is -0.162. The smallest absolute Gasteiger partial charge is 0.227 e. The highest BCUT2D eigenvalue weighted by Gasteiger charge is 2.21. The third-order valence-electron chi connectivity index (χ3n) is 4.18. The molecule has 0 radical (unpaired) electrons. The van der Waals surface area contributed by atoms with Crippen LogP contribution in [0.2, 0.25) is 0 Å². The van der Waals surface area contributed by atoms with Crippen molar-refractivity contribution in [3.63, 3.8) is 0 Å². The summed E-state index contributed by atoms with van der Waals surface area (Å²) in [5.74, 6) is 0.311. The first-order valence-corrected chi connectivity index (χ1v) is 8.09. The lowest BCUT2D eigenvalue weighted by Crippen LogP contribution is -2.23. The number of phenolic OH excluding ortho intramolecular Hbond substituents is 1. The fourth-order valence-electron chi connectivity index (χ4n) is 2.88. The largest absolute Gasteiger partial charge is 0.504 e. The summed E-state index contributed by atoms with van der Waals surface area (Å²) >= 11 is 0. The summed E-state index contributed by atoms with van der Waals surface area (Å²) in [6.07, 6.45) is 4.50. The minimum Gasteiger partial charge on any atom is -0.504 e. The van der Waals surface area contributed by atoms with E-state index in [9.17, 15) is 14.7 Å². The maximum absolute atomic E-state index is 12.3. The number of anilines is 1. The topological polar surface area (TPSA) is 66.8 Å². The van der Waals surface area contributed by atoms with Crippen LogP contribution in [-0.4, -0.2) is 30.5 Å². The van der Waals surface area contributed by atoms with Crippen LogP contribution in [0.25, 0.3) is 6.08 Å². The molecule has 1 fully saturated rings. The Kier molecular flexibility index (Phi) is 4.84. The Morgan fingerprint density at radius 3 is 2.60 bits per heavy atom. The van der Waals surface area contributed by atoms with Gasteiger partial charge in [-0.2, -0.15) is 0 Å². The van der Waals surface area contributed by atoms with E-state index in [1.54, 1.807) is 47.4 Å². The number of methoxy groups -OCH3 is 1. The quantitative estimate of drug-likeness (QED) is 0.670. The van der Waals surface area contributed by atoms with Crippen LogP contribution in [-0.2, 0) is 4.79 Å². The highest BCUT2D eigenvalue weighted by Crippen LogP contribution is 2.30. The maximum Gasteiger partial charge on any atom is 0.227 e. The maximum atomic E-state index is 12.3. The lowest BCUT2D eigenvalue weighted by molar-refractivity contribution is -0.117. The molecule has 5 nitrogen and oxygen atoms in total. The molecule has 0 aliphatic carbocycles. The van der Waals surface area contributed by atoms with Crippen LogP contribution in [0.4, 0.5) is 5.69 Å². The third-order valence-corrected chi connectivity index (χ3v) is 4.18. The Morgan fingerprint density at radius 1 is 1.20 bits per heavy atom. The van der Waals surface area contributed by atoms with Crippen LogP contribution >= 0.6 is 0 Å². The predicted molar refractivity (Wildman–Crippen MR) is 96.1 cm³/mol. The number of rotatable bonds is 5. The monoisotopic (exact) mass is 337 g/mol. The van der Waals surface area contributed by atoms with Crippen LogP contribution in [0.3, 0.4) is 0 Å². The third kappa shape index (κ3) is 3.55. The molecule has 0 atom stereocenters.